The predicted octanol–water partition coefficient (Wildman–Crippen LogP) is 1.41. The maximum Gasteiger partial charge on any atom is 0.0227 e. The molecule has 64 valence electrons. The molecule has 2 aliphatic rings. The van der Waals surface area contributed by atoms with E-state index in [-0.39, 0.29) is 0 Å². The summed E-state index contributed by atoms with van der Waals surface area (Å²) in [4.78, 5) is 2.44. The zero-order chi connectivity index (χ0) is 7.90. The Bertz CT molecular complexity index is 152. The molecular weight excluding hydrogens is 251 g/mol. The molecule has 0 amide bonds. The number of rotatable bonds is 1. The van der Waals surface area contributed by atoms with Crippen LogP contribution in [0.4, 0.5) is 0 Å². The molecule has 11 heavy (non-hydrogen) atoms. The van der Waals surface area contributed by atoms with Crippen molar-refractivity contribution in [2.75, 3.05) is 20.1 Å². The van der Waals surface area contributed by atoms with Crippen LogP contribution in [-0.2, 0) is 0 Å². The first-order chi connectivity index (χ1) is 5.27. The number of likely N-dealkylation sites (tertiary alicyclic amines) is 1. The maximum atomic E-state index is 3.37. The van der Waals surface area contributed by atoms with Gasteiger partial charge in [0.1, 0.15) is 0 Å². The van der Waals surface area contributed by atoms with Gasteiger partial charge in [0.2, 0.25) is 0 Å². The third-order valence-corrected chi connectivity index (χ3v) is 4.06. The van der Waals surface area contributed by atoms with Gasteiger partial charge in [-0.05, 0) is 44.8 Å². The summed E-state index contributed by atoms with van der Waals surface area (Å²) in [5.74, 6) is 0. The normalized spacial score (nSPS) is 36.0. The van der Waals surface area contributed by atoms with E-state index in [2.05, 4.69) is 38.3 Å². The van der Waals surface area contributed by atoms with Crippen LogP contribution in [0.2, 0.25) is 0 Å². The summed E-state index contributed by atoms with van der Waals surface area (Å²) in [6.07, 6.45) is 4.23. The number of piperidine rings is 1. The SMILES string of the molecule is CN1CCC2(CC1)CC2NI. The van der Waals surface area contributed by atoms with Crippen LogP contribution in [0.15, 0.2) is 0 Å². The molecule has 3 heteroatoms. The van der Waals surface area contributed by atoms with E-state index in [0.717, 1.165) is 6.04 Å². The summed E-state index contributed by atoms with van der Waals surface area (Å²) in [5.41, 5.74) is 0.716. The third kappa shape index (κ3) is 1.42. The lowest BCUT2D eigenvalue weighted by Gasteiger charge is -2.29. The van der Waals surface area contributed by atoms with Gasteiger partial charge in [-0.15, -0.1) is 0 Å². The second-order valence-corrected chi connectivity index (χ2v) is 4.65. The van der Waals surface area contributed by atoms with Crippen LogP contribution < -0.4 is 3.53 Å². The minimum Gasteiger partial charge on any atom is -0.306 e. The van der Waals surface area contributed by atoms with Crippen molar-refractivity contribution in [2.45, 2.75) is 25.3 Å². The fraction of sp³-hybridized carbons (Fsp3) is 1.00. The standard InChI is InChI=1S/C8H15IN2/c1-11-4-2-8(3-5-11)6-7(8)10-9/h7,10H,2-6H2,1H3. The van der Waals surface area contributed by atoms with E-state index in [1.807, 2.05) is 0 Å². The predicted molar refractivity (Wildman–Crippen MR) is 54.7 cm³/mol. The number of halogens is 1. The Morgan fingerprint density at radius 1 is 1.45 bits per heavy atom. The summed E-state index contributed by atoms with van der Waals surface area (Å²) < 4.78 is 3.37. The monoisotopic (exact) mass is 266 g/mol. The van der Waals surface area contributed by atoms with Crippen LogP contribution in [0.25, 0.3) is 0 Å². The third-order valence-electron chi connectivity index (χ3n) is 3.30. The second kappa shape index (κ2) is 2.85. The van der Waals surface area contributed by atoms with E-state index >= 15 is 0 Å². The molecule has 0 aromatic heterocycles. The topological polar surface area (TPSA) is 15.3 Å². The minimum absolute atomic E-state index is 0.716. The average Bonchev–Trinajstić information content (AvgIpc) is 2.71. The summed E-state index contributed by atoms with van der Waals surface area (Å²) in [7, 11) is 2.22. The lowest BCUT2D eigenvalue weighted by Crippen LogP contribution is -2.33. The van der Waals surface area contributed by atoms with E-state index in [9.17, 15) is 0 Å². The highest BCUT2D eigenvalue weighted by Gasteiger charge is 2.53. The van der Waals surface area contributed by atoms with E-state index < -0.39 is 0 Å². The van der Waals surface area contributed by atoms with Crippen LogP contribution in [0.5, 0.6) is 0 Å². The van der Waals surface area contributed by atoms with Crippen LogP contribution in [0.1, 0.15) is 19.3 Å². The van der Waals surface area contributed by atoms with Crippen molar-refractivity contribution >= 4 is 22.9 Å². The van der Waals surface area contributed by atoms with Gasteiger partial charge >= 0.3 is 0 Å². The Labute approximate surface area is 82.2 Å². The van der Waals surface area contributed by atoms with Gasteiger partial charge in [-0.2, -0.15) is 0 Å². The van der Waals surface area contributed by atoms with Crippen molar-refractivity contribution in [1.82, 2.24) is 8.43 Å². The van der Waals surface area contributed by atoms with Crippen LogP contribution >= 0.6 is 22.9 Å². The summed E-state index contributed by atoms with van der Waals surface area (Å²) in [6.45, 7) is 2.60. The first-order valence-corrected chi connectivity index (χ1v) is 5.39. The van der Waals surface area contributed by atoms with Gasteiger partial charge in [-0.3, -0.25) is 3.53 Å². The molecular formula is C8H15IN2. The van der Waals surface area contributed by atoms with Gasteiger partial charge in [0.15, 0.2) is 0 Å². The lowest BCUT2D eigenvalue weighted by molar-refractivity contribution is 0.200. The molecule has 1 atom stereocenters. The fourth-order valence-electron chi connectivity index (χ4n) is 2.12. The molecule has 1 aliphatic carbocycles. The molecule has 0 aromatic carbocycles. The largest absolute Gasteiger partial charge is 0.306 e. The molecule has 1 saturated carbocycles. The van der Waals surface area contributed by atoms with Gasteiger partial charge in [0.05, 0.1) is 0 Å². The zero-order valence-electron chi connectivity index (χ0n) is 6.94. The van der Waals surface area contributed by atoms with Crippen LogP contribution in [0.3, 0.4) is 0 Å². The molecule has 1 spiro atoms. The quantitative estimate of drug-likeness (QED) is 0.570. The molecule has 1 heterocycles. The highest BCUT2D eigenvalue weighted by Crippen LogP contribution is 2.53. The van der Waals surface area contributed by atoms with Crippen molar-refractivity contribution in [2.24, 2.45) is 5.41 Å². The number of hydrogen-bond donors (Lipinski definition) is 1. The van der Waals surface area contributed by atoms with E-state index in [4.69, 9.17) is 0 Å². The Hall–Kier alpha value is 0.650. The van der Waals surface area contributed by atoms with Gasteiger partial charge < -0.3 is 4.90 Å². The average molecular weight is 266 g/mol. The van der Waals surface area contributed by atoms with Gasteiger partial charge in [-0.25, -0.2) is 0 Å². The molecule has 2 rings (SSSR count). The van der Waals surface area contributed by atoms with Gasteiger partial charge in [0, 0.05) is 28.9 Å². The second-order valence-electron chi connectivity index (χ2n) is 4.03. The van der Waals surface area contributed by atoms with Crippen molar-refractivity contribution in [3.05, 3.63) is 0 Å². The fourth-order valence-corrected chi connectivity index (χ4v) is 3.00. The Morgan fingerprint density at radius 2 is 2.09 bits per heavy atom. The first-order valence-electron chi connectivity index (χ1n) is 4.31. The molecule has 1 saturated heterocycles. The molecule has 1 unspecified atom stereocenters. The van der Waals surface area contributed by atoms with Crippen molar-refractivity contribution < 1.29 is 0 Å². The van der Waals surface area contributed by atoms with Crippen molar-refractivity contribution in [3.8, 4) is 0 Å². The van der Waals surface area contributed by atoms with Crippen LogP contribution in [-0.4, -0.2) is 31.1 Å². The van der Waals surface area contributed by atoms with Gasteiger partial charge in [0.25, 0.3) is 0 Å². The van der Waals surface area contributed by atoms with E-state index in [0.29, 0.717) is 5.41 Å². The molecule has 2 fully saturated rings. The molecule has 1 N–H and O–H groups in total. The maximum absolute atomic E-state index is 3.37. The summed E-state index contributed by atoms with van der Waals surface area (Å²) in [6, 6.07) is 0.830. The molecule has 0 aromatic rings. The summed E-state index contributed by atoms with van der Waals surface area (Å²) >= 11 is 2.29. The summed E-state index contributed by atoms with van der Waals surface area (Å²) in [5, 5.41) is 0. The highest BCUT2D eigenvalue weighted by atomic mass is 127. The Morgan fingerprint density at radius 3 is 2.55 bits per heavy atom. The Kier molecular flexibility index (Phi) is 2.14. The minimum atomic E-state index is 0.716. The highest BCUT2D eigenvalue weighted by molar-refractivity contribution is 14.1. The van der Waals surface area contributed by atoms with Gasteiger partial charge in [-0.1, -0.05) is 0 Å². The van der Waals surface area contributed by atoms with Crippen LogP contribution in [0, 0.1) is 5.41 Å². The number of nitrogens with zero attached hydrogens (tertiary/aromatic N) is 1. The Balaban J connectivity index is 1.89. The molecule has 2 nitrogen and oxygen atoms in total. The molecule has 0 radical (unpaired) electrons. The van der Waals surface area contributed by atoms with Crippen molar-refractivity contribution in [1.29, 1.82) is 0 Å². The zero-order valence-corrected chi connectivity index (χ0v) is 9.10. The van der Waals surface area contributed by atoms with E-state index in [1.165, 1.54) is 32.4 Å². The molecule has 1 aliphatic heterocycles. The smallest absolute Gasteiger partial charge is 0.0227 e. The molecule has 0 bridgehead atoms. The van der Waals surface area contributed by atoms with E-state index in [1.54, 1.807) is 0 Å². The number of hydrogen-bond acceptors (Lipinski definition) is 2. The lowest BCUT2D eigenvalue weighted by atomic mass is 9.93. The first kappa shape index (κ1) is 8.26. The number of nitrogens with one attached hydrogen (secondary N) is 1. The van der Waals surface area contributed by atoms with Crippen molar-refractivity contribution in [3.63, 3.8) is 0 Å².